The van der Waals surface area contributed by atoms with E-state index in [1.807, 2.05) is 23.1 Å². The first-order valence-corrected chi connectivity index (χ1v) is 7.91. The molecular formula is C18H15F2N5. The van der Waals surface area contributed by atoms with E-state index in [2.05, 4.69) is 33.5 Å². The van der Waals surface area contributed by atoms with Gasteiger partial charge >= 0.3 is 0 Å². The Bertz CT molecular complexity index is 911. The summed E-state index contributed by atoms with van der Waals surface area (Å²) in [6.07, 6.45) is 2.21. The van der Waals surface area contributed by atoms with Gasteiger partial charge in [0.1, 0.15) is 17.3 Å². The molecule has 3 aromatic rings. The van der Waals surface area contributed by atoms with Crippen molar-refractivity contribution in [3.63, 3.8) is 0 Å². The zero-order chi connectivity index (χ0) is 17.4. The summed E-state index contributed by atoms with van der Waals surface area (Å²) in [6.45, 7) is 2.07. The minimum atomic E-state index is -0.694. The van der Waals surface area contributed by atoms with Crippen LogP contribution < -0.4 is 10.2 Å². The SMILES string of the molecule is CC1Cc2ccccc2N1c1nncc(Nc2c(F)cccc2F)n1. The van der Waals surface area contributed by atoms with E-state index in [0.717, 1.165) is 12.1 Å². The molecule has 0 amide bonds. The zero-order valence-electron chi connectivity index (χ0n) is 13.4. The number of nitrogens with one attached hydrogen (secondary N) is 1. The highest BCUT2D eigenvalue weighted by Gasteiger charge is 2.29. The molecule has 0 saturated heterocycles. The fraction of sp³-hybridized carbons (Fsp3) is 0.167. The van der Waals surface area contributed by atoms with Gasteiger partial charge in [-0.2, -0.15) is 10.1 Å². The van der Waals surface area contributed by atoms with Crippen LogP contribution in [0.3, 0.4) is 0 Å². The summed E-state index contributed by atoms with van der Waals surface area (Å²) in [5, 5.41) is 10.7. The molecule has 1 unspecified atom stereocenters. The van der Waals surface area contributed by atoms with Crippen LogP contribution in [0.2, 0.25) is 0 Å². The molecule has 1 atom stereocenters. The second-order valence-corrected chi connectivity index (χ2v) is 5.92. The van der Waals surface area contributed by atoms with Gasteiger partial charge in [-0.25, -0.2) is 8.78 Å². The summed E-state index contributed by atoms with van der Waals surface area (Å²) < 4.78 is 27.6. The van der Waals surface area contributed by atoms with Crippen LogP contribution in [0.1, 0.15) is 12.5 Å². The van der Waals surface area contributed by atoms with Gasteiger partial charge in [0.2, 0.25) is 0 Å². The van der Waals surface area contributed by atoms with E-state index in [1.54, 1.807) is 0 Å². The van der Waals surface area contributed by atoms with Gasteiger partial charge in [0.25, 0.3) is 5.95 Å². The van der Waals surface area contributed by atoms with E-state index in [-0.39, 0.29) is 17.5 Å². The lowest BCUT2D eigenvalue weighted by molar-refractivity contribution is 0.590. The van der Waals surface area contributed by atoms with Crippen LogP contribution >= 0.6 is 0 Å². The third-order valence-electron chi connectivity index (χ3n) is 4.19. The lowest BCUT2D eigenvalue weighted by Gasteiger charge is -2.22. The van der Waals surface area contributed by atoms with Crippen LogP contribution in [-0.2, 0) is 6.42 Å². The Kier molecular flexibility index (Phi) is 3.76. The highest BCUT2D eigenvalue weighted by atomic mass is 19.1. The van der Waals surface area contributed by atoms with Crippen LogP contribution in [-0.4, -0.2) is 21.2 Å². The number of fused-ring (bicyclic) bond motifs is 1. The first-order valence-electron chi connectivity index (χ1n) is 7.91. The molecule has 0 fully saturated rings. The normalized spacial score (nSPS) is 16.0. The number of nitrogens with zero attached hydrogens (tertiary/aromatic N) is 4. The molecule has 1 N–H and O–H groups in total. The van der Waals surface area contributed by atoms with Crippen molar-refractivity contribution < 1.29 is 8.78 Å². The summed E-state index contributed by atoms with van der Waals surface area (Å²) >= 11 is 0. The maximum absolute atomic E-state index is 13.8. The summed E-state index contributed by atoms with van der Waals surface area (Å²) in [6, 6.07) is 11.8. The van der Waals surface area contributed by atoms with Gasteiger partial charge in [-0.15, -0.1) is 5.10 Å². The molecular weight excluding hydrogens is 324 g/mol. The smallest absolute Gasteiger partial charge is 0.252 e. The monoisotopic (exact) mass is 339 g/mol. The Balaban J connectivity index is 1.69. The fourth-order valence-electron chi connectivity index (χ4n) is 3.07. The first kappa shape index (κ1) is 15.4. The molecule has 2 aromatic carbocycles. The van der Waals surface area contributed by atoms with Crippen LogP contribution in [0.4, 0.5) is 31.9 Å². The number of anilines is 4. The standard InChI is InChI=1S/C18H15F2N5/c1-11-9-12-5-2-3-8-15(12)25(11)18-23-16(10-21-24-18)22-17-13(19)6-4-7-14(17)20/h2-8,10-11H,9H2,1H3,(H,22,23,24). The van der Waals surface area contributed by atoms with Crippen molar-refractivity contribution in [3.8, 4) is 0 Å². The number of aromatic nitrogens is 3. The molecule has 126 valence electrons. The highest BCUT2D eigenvalue weighted by molar-refractivity contribution is 5.68. The van der Waals surface area contributed by atoms with E-state index in [0.29, 0.717) is 5.95 Å². The number of hydrogen-bond acceptors (Lipinski definition) is 5. The van der Waals surface area contributed by atoms with Crippen molar-refractivity contribution in [1.82, 2.24) is 15.2 Å². The van der Waals surface area contributed by atoms with Gasteiger partial charge in [-0.3, -0.25) is 0 Å². The van der Waals surface area contributed by atoms with Crippen molar-refractivity contribution in [2.45, 2.75) is 19.4 Å². The number of halogens is 2. The minimum absolute atomic E-state index is 0.166. The van der Waals surface area contributed by atoms with E-state index >= 15 is 0 Å². The van der Waals surface area contributed by atoms with Gasteiger partial charge in [0, 0.05) is 11.7 Å². The molecule has 0 bridgehead atoms. The topological polar surface area (TPSA) is 53.9 Å². The van der Waals surface area contributed by atoms with Gasteiger partial charge in [0.15, 0.2) is 5.82 Å². The van der Waals surface area contributed by atoms with Gasteiger partial charge in [-0.05, 0) is 37.1 Å². The number of benzene rings is 2. The van der Waals surface area contributed by atoms with Gasteiger partial charge in [0.05, 0.1) is 6.20 Å². The lowest BCUT2D eigenvalue weighted by Crippen LogP contribution is -2.26. The maximum atomic E-state index is 13.8. The minimum Gasteiger partial charge on any atom is -0.334 e. The third-order valence-corrected chi connectivity index (χ3v) is 4.19. The molecule has 1 aromatic heterocycles. The molecule has 5 nitrogen and oxygen atoms in total. The third kappa shape index (κ3) is 2.77. The number of para-hydroxylation sites is 2. The molecule has 0 aliphatic carbocycles. The predicted octanol–water partition coefficient (Wildman–Crippen LogP) is 3.98. The molecule has 4 rings (SSSR count). The van der Waals surface area contributed by atoms with E-state index in [9.17, 15) is 8.78 Å². The Labute approximate surface area is 143 Å². The second kappa shape index (κ2) is 6.08. The Hall–Kier alpha value is -3.09. The summed E-state index contributed by atoms with van der Waals surface area (Å²) in [7, 11) is 0. The van der Waals surface area contributed by atoms with Crippen molar-refractivity contribution in [1.29, 1.82) is 0 Å². The van der Waals surface area contributed by atoms with E-state index in [4.69, 9.17) is 0 Å². The molecule has 1 aliphatic rings. The fourth-order valence-corrected chi connectivity index (χ4v) is 3.07. The molecule has 7 heteroatoms. The van der Waals surface area contributed by atoms with Crippen molar-refractivity contribution in [2.24, 2.45) is 0 Å². The summed E-state index contributed by atoms with van der Waals surface area (Å²) in [4.78, 5) is 6.37. The summed E-state index contributed by atoms with van der Waals surface area (Å²) in [5.74, 6) is -0.773. The van der Waals surface area contributed by atoms with Gasteiger partial charge < -0.3 is 10.2 Å². The average molecular weight is 339 g/mol. The summed E-state index contributed by atoms with van der Waals surface area (Å²) in [5.41, 5.74) is 1.96. The molecule has 1 aliphatic heterocycles. The molecule has 0 spiro atoms. The second-order valence-electron chi connectivity index (χ2n) is 5.92. The van der Waals surface area contributed by atoms with Crippen LogP contribution in [0.5, 0.6) is 0 Å². The Morgan fingerprint density at radius 3 is 2.64 bits per heavy atom. The molecule has 2 heterocycles. The van der Waals surface area contributed by atoms with E-state index in [1.165, 1.54) is 30.0 Å². The van der Waals surface area contributed by atoms with Crippen LogP contribution in [0, 0.1) is 11.6 Å². The first-order chi connectivity index (χ1) is 12.1. The molecule has 0 saturated carbocycles. The van der Waals surface area contributed by atoms with Crippen LogP contribution in [0.15, 0.2) is 48.7 Å². The zero-order valence-corrected chi connectivity index (χ0v) is 13.4. The van der Waals surface area contributed by atoms with Crippen molar-refractivity contribution >= 4 is 23.1 Å². The van der Waals surface area contributed by atoms with Gasteiger partial charge in [-0.1, -0.05) is 24.3 Å². The Morgan fingerprint density at radius 2 is 1.84 bits per heavy atom. The predicted molar refractivity (Wildman–Crippen MR) is 91.2 cm³/mol. The van der Waals surface area contributed by atoms with E-state index < -0.39 is 11.6 Å². The van der Waals surface area contributed by atoms with Crippen molar-refractivity contribution in [2.75, 3.05) is 10.2 Å². The number of rotatable bonds is 3. The molecule has 25 heavy (non-hydrogen) atoms. The van der Waals surface area contributed by atoms with Crippen molar-refractivity contribution in [3.05, 3.63) is 65.9 Å². The number of hydrogen-bond donors (Lipinski definition) is 1. The maximum Gasteiger partial charge on any atom is 0.252 e. The highest BCUT2D eigenvalue weighted by Crippen LogP contribution is 2.36. The van der Waals surface area contributed by atoms with Crippen LogP contribution in [0.25, 0.3) is 0 Å². The largest absolute Gasteiger partial charge is 0.334 e. The molecule has 0 radical (unpaired) electrons. The Morgan fingerprint density at radius 1 is 1.08 bits per heavy atom. The lowest BCUT2D eigenvalue weighted by atomic mass is 10.1. The average Bonchev–Trinajstić information content (AvgIpc) is 2.94. The quantitative estimate of drug-likeness (QED) is 0.782.